The van der Waals surface area contributed by atoms with Crippen LogP contribution in [0.2, 0.25) is 0 Å². The van der Waals surface area contributed by atoms with E-state index in [0.29, 0.717) is 28.3 Å². The molecule has 1 fully saturated rings. The van der Waals surface area contributed by atoms with Crippen LogP contribution in [0.25, 0.3) is 0 Å². The number of carbonyl (C=O) groups is 3. The highest BCUT2D eigenvalue weighted by Crippen LogP contribution is 2.19. The molecule has 31 heavy (non-hydrogen) atoms. The summed E-state index contributed by atoms with van der Waals surface area (Å²) in [5, 5.41) is 5.65. The highest BCUT2D eigenvalue weighted by Gasteiger charge is 2.21. The monoisotopic (exact) mass is 439 g/mol. The number of rotatable bonds is 4. The lowest BCUT2D eigenvalue weighted by Gasteiger charge is -2.30. The summed E-state index contributed by atoms with van der Waals surface area (Å²) in [5.74, 6) is -0.243. The lowest BCUT2D eigenvalue weighted by atomic mass is 9.98. The van der Waals surface area contributed by atoms with Crippen molar-refractivity contribution in [2.75, 3.05) is 25.5 Å². The summed E-state index contributed by atoms with van der Waals surface area (Å²) >= 11 is 5.23. The zero-order valence-electron chi connectivity index (χ0n) is 17.5. The van der Waals surface area contributed by atoms with Gasteiger partial charge in [-0.1, -0.05) is 13.0 Å². The van der Waals surface area contributed by atoms with Gasteiger partial charge < -0.3 is 15.0 Å². The van der Waals surface area contributed by atoms with E-state index in [9.17, 15) is 14.4 Å². The molecule has 1 saturated heterocycles. The molecule has 2 amide bonds. The van der Waals surface area contributed by atoms with Gasteiger partial charge in [-0.25, -0.2) is 4.79 Å². The van der Waals surface area contributed by atoms with Crippen molar-refractivity contribution in [2.24, 2.45) is 5.92 Å². The van der Waals surface area contributed by atoms with Crippen molar-refractivity contribution in [1.82, 2.24) is 10.2 Å². The van der Waals surface area contributed by atoms with Crippen molar-refractivity contribution in [2.45, 2.75) is 19.8 Å². The Morgan fingerprint density at radius 2 is 1.65 bits per heavy atom. The molecular weight excluding hydrogens is 414 g/mol. The van der Waals surface area contributed by atoms with E-state index in [0.717, 1.165) is 25.9 Å². The summed E-state index contributed by atoms with van der Waals surface area (Å²) < 4.78 is 4.64. The van der Waals surface area contributed by atoms with Gasteiger partial charge in [-0.05, 0) is 73.4 Å². The average molecular weight is 440 g/mol. The third-order valence-electron chi connectivity index (χ3n) is 5.23. The van der Waals surface area contributed by atoms with Crippen LogP contribution in [0, 0.1) is 5.92 Å². The Bertz CT molecular complexity index is 983. The van der Waals surface area contributed by atoms with Crippen LogP contribution in [0.1, 0.15) is 50.8 Å². The number of amides is 2. The molecule has 0 atom stereocenters. The van der Waals surface area contributed by atoms with Gasteiger partial charge in [-0.15, -0.1) is 0 Å². The van der Waals surface area contributed by atoms with E-state index >= 15 is 0 Å². The third kappa shape index (κ3) is 5.88. The molecule has 0 unspecified atom stereocenters. The molecule has 2 aromatic carbocycles. The molecule has 1 aliphatic heterocycles. The van der Waals surface area contributed by atoms with Gasteiger partial charge in [0.25, 0.3) is 11.8 Å². The Morgan fingerprint density at radius 3 is 2.29 bits per heavy atom. The molecule has 0 aromatic heterocycles. The number of carbonyl (C=O) groups excluding carboxylic acids is 3. The Kier molecular flexibility index (Phi) is 7.36. The summed E-state index contributed by atoms with van der Waals surface area (Å²) in [6.07, 6.45) is 2.03. The number of methoxy groups -OCH3 is 1. The van der Waals surface area contributed by atoms with Crippen molar-refractivity contribution in [3.63, 3.8) is 0 Å². The Labute approximate surface area is 186 Å². The quantitative estimate of drug-likeness (QED) is 0.560. The number of hydrogen-bond acceptors (Lipinski definition) is 5. The van der Waals surface area contributed by atoms with Crippen LogP contribution >= 0.6 is 12.2 Å². The number of thiocarbonyl (C=S) groups is 1. The molecule has 2 N–H and O–H groups in total. The van der Waals surface area contributed by atoms with Gasteiger partial charge in [0.1, 0.15) is 0 Å². The van der Waals surface area contributed by atoms with Gasteiger partial charge in [0, 0.05) is 29.9 Å². The molecule has 2 aromatic rings. The van der Waals surface area contributed by atoms with Crippen LogP contribution in [0.3, 0.4) is 0 Å². The minimum atomic E-state index is -0.474. The highest BCUT2D eigenvalue weighted by atomic mass is 32.1. The van der Waals surface area contributed by atoms with Gasteiger partial charge in [-0.2, -0.15) is 0 Å². The van der Waals surface area contributed by atoms with Crippen molar-refractivity contribution in [1.29, 1.82) is 0 Å². The maximum absolute atomic E-state index is 12.8. The molecule has 0 bridgehead atoms. The number of piperidine rings is 1. The van der Waals surface area contributed by atoms with Crippen LogP contribution in [-0.2, 0) is 4.74 Å². The van der Waals surface area contributed by atoms with E-state index in [4.69, 9.17) is 12.2 Å². The van der Waals surface area contributed by atoms with Crippen molar-refractivity contribution in [3.05, 3.63) is 65.2 Å². The number of hydrogen-bond donors (Lipinski definition) is 2. The van der Waals surface area contributed by atoms with E-state index < -0.39 is 11.9 Å². The van der Waals surface area contributed by atoms with Gasteiger partial charge >= 0.3 is 5.97 Å². The van der Waals surface area contributed by atoms with E-state index in [1.807, 2.05) is 4.90 Å². The first kappa shape index (κ1) is 22.4. The number of anilines is 1. The summed E-state index contributed by atoms with van der Waals surface area (Å²) in [5.41, 5.74) is 1.89. The van der Waals surface area contributed by atoms with E-state index in [1.54, 1.807) is 24.3 Å². The van der Waals surface area contributed by atoms with Gasteiger partial charge in [0.15, 0.2) is 5.11 Å². The second kappa shape index (κ2) is 10.2. The number of esters is 1. The maximum Gasteiger partial charge on any atom is 0.337 e. The van der Waals surface area contributed by atoms with Crippen LogP contribution in [0.15, 0.2) is 48.5 Å². The Hall–Kier alpha value is -3.26. The molecule has 1 heterocycles. The van der Waals surface area contributed by atoms with E-state index in [-0.39, 0.29) is 11.0 Å². The summed E-state index contributed by atoms with van der Waals surface area (Å²) in [7, 11) is 1.29. The number of likely N-dealkylation sites (tertiary alicyclic amines) is 1. The first-order valence-electron chi connectivity index (χ1n) is 10.1. The molecule has 7 nitrogen and oxygen atoms in total. The van der Waals surface area contributed by atoms with Crippen molar-refractivity contribution in [3.8, 4) is 0 Å². The third-order valence-corrected chi connectivity index (χ3v) is 5.44. The number of nitrogens with one attached hydrogen (secondary N) is 2. The fourth-order valence-electron chi connectivity index (χ4n) is 3.34. The molecule has 1 aliphatic rings. The van der Waals surface area contributed by atoms with Crippen molar-refractivity contribution < 1.29 is 19.1 Å². The Balaban J connectivity index is 1.59. The molecule has 8 heteroatoms. The molecular formula is C23H25N3O4S. The van der Waals surface area contributed by atoms with Crippen LogP contribution in [-0.4, -0.2) is 48.0 Å². The van der Waals surface area contributed by atoms with Crippen LogP contribution in [0.4, 0.5) is 5.69 Å². The molecule has 0 saturated carbocycles. The predicted molar refractivity (Wildman–Crippen MR) is 122 cm³/mol. The normalized spacial score (nSPS) is 13.9. The van der Waals surface area contributed by atoms with Gasteiger partial charge in [0.05, 0.1) is 12.7 Å². The molecule has 0 spiro atoms. The number of ether oxygens (including phenoxy) is 1. The SMILES string of the molecule is COC(=O)c1ccc(C(=O)NC(=S)Nc2cccc(C(=O)N3CCC(C)CC3)c2)cc1. The zero-order chi connectivity index (χ0) is 22.4. The summed E-state index contributed by atoms with van der Waals surface area (Å²) in [4.78, 5) is 38.5. The summed E-state index contributed by atoms with van der Waals surface area (Å²) in [6.45, 7) is 3.73. The fraction of sp³-hybridized carbons (Fsp3) is 0.304. The summed E-state index contributed by atoms with van der Waals surface area (Å²) in [6, 6.07) is 13.1. The van der Waals surface area contributed by atoms with Gasteiger partial charge in [0.2, 0.25) is 0 Å². The topological polar surface area (TPSA) is 87.7 Å². The minimum absolute atomic E-state index is 0.00352. The minimum Gasteiger partial charge on any atom is -0.465 e. The number of benzene rings is 2. The molecule has 0 aliphatic carbocycles. The van der Waals surface area contributed by atoms with Crippen LogP contribution < -0.4 is 10.6 Å². The second-order valence-electron chi connectivity index (χ2n) is 7.53. The largest absolute Gasteiger partial charge is 0.465 e. The zero-order valence-corrected chi connectivity index (χ0v) is 18.3. The van der Waals surface area contributed by atoms with E-state index in [2.05, 4.69) is 22.3 Å². The van der Waals surface area contributed by atoms with Gasteiger partial charge in [-0.3, -0.25) is 14.9 Å². The smallest absolute Gasteiger partial charge is 0.337 e. The number of nitrogens with zero attached hydrogens (tertiary/aromatic N) is 1. The second-order valence-corrected chi connectivity index (χ2v) is 7.94. The first-order chi connectivity index (χ1) is 14.9. The van der Waals surface area contributed by atoms with Crippen LogP contribution in [0.5, 0.6) is 0 Å². The molecule has 0 radical (unpaired) electrons. The maximum atomic E-state index is 12.8. The molecule has 3 rings (SSSR count). The standard InChI is InChI=1S/C23H25N3O4S/c1-15-10-12-26(13-11-15)21(28)18-4-3-5-19(14-18)24-23(31)25-20(27)16-6-8-17(9-7-16)22(29)30-2/h3-9,14-15H,10-13H2,1-2H3,(H2,24,25,27,31). The lowest BCUT2D eigenvalue weighted by molar-refractivity contribution is 0.0599. The lowest BCUT2D eigenvalue weighted by Crippen LogP contribution is -2.38. The average Bonchev–Trinajstić information content (AvgIpc) is 2.78. The predicted octanol–water partition coefficient (Wildman–Crippen LogP) is 3.47. The first-order valence-corrected chi connectivity index (χ1v) is 10.5. The van der Waals surface area contributed by atoms with E-state index in [1.165, 1.54) is 31.4 Å². The highest BCUT2D eigenvalue weighted by molar-refractivity contribution is 7.80. The van der Waals surface area contributed by atoms with Crippen molar-refractivity contribution >= 4 is 40.8 Å². The fourth-order valence-corrected chi connectivity index (χ4v) is 3.55. The Morgan fingerprint density at radius 1 is 1.00 bits per heavy atom. The molecule has 162 valence electrons.